The van der Waals surface area contributed by atoms with E-state index in [1.165, 1.54) is 38.5 Å². The predicted octanol–water partition coefficient (Wildman–Crippen LogP) is 3.00. The van der Waals surface area contributed by atoms with Crippen LogP contribution in [0.1, 0.15) is 38.5 Å². The molecule has 2 aliphatic rings. The number of hydrogen-bond acceptors (Lipinski definition) is 1. The second kappa shape index (κ2) is 4.48. The summed E-state index contributed by atoms with van der Waals surface area (Å²) in [6.45, 7) is 4.36. The smallest absolute Gasteiger partial charge is 0.0462 e. The monoisotopic (exact) mass is 194 g/mol. The minimum atomic E-state index is 0.394. The summed E-state index contributed by atoms with van der Waals surface area (Å²) in [5.74, 6) is 2.89. The van der Waals surface area contributed by atoms with Crippen molar-refractivity contribution in [1.29, 1.82) is 0 Å². The highest BCUT2D eigenvalue weighted by atomic mass is 16.3. The Morgan fingerprint density at radius 2 is 1.86 bits per heavy atom. The number of aliphatic hydroxyl groups is 1. The van der Waals surface area contributed by atoms with Gasteiger partial charge in [-0.05, 0) is 36.5 Å². The number of hydrogen-bond donors (Lipinski definition) is 1. The molecule has 1 nitrogen and oxygen atoms in total. The van der Waals surface area contributed by atoms with Gasteiger partial charge in [-0.2, -0.15) is 0 Å². The minimum absolute atomic E-state index is 0.394. The zero-order valence-corrected chi connectivity index (χ0v) is 8.99. The molecular weight excluding hydrogens is 172 g/mol. The third-order valence-electron chi connectivity index (χ3n) is 4.38. The van der Waals surface area contributed by atoms with Crippen LogP contribution in [0.2, 0.25) is 0 Å². The molecule has 0 radical (unpaired) electrons. The fourth-order valence-corrected chi connectivity index (χ4v) is 3.74. The van der Waals surface area contributed by atoms with Crippen LogP contribution < -0.4 is 0 Å². The Kier molecular flexibility index (Phi) is 3.27. The van der Waals surface area contributed by atoms with E-state index in [9.17, 15) is 5.11 Å². The van der Waals surface area contributed by atoms with Crippen LogP contribution in [0.5, 0.6) is 0 Å². The van der Waals surface area contributed by atoms with Crippen molar-refractivity contribution < 1.29 is 5.11 Å². The normalized spacial score (nSPS) is 42.9. The quantitative estimate of drug-likeness (QED) is 0.670. The van der Waals surface area contributed by atoms with Gasteiger partial charge in [0.05, 0.1) is 0 Å². The summed E-state index contributed by atoms with van der Waals surface area (Å²) in [6.07, 6.45) is 10.2. The van der Waals surface area contributed by atoms with Crippen molar-refractivity contribution in [2.45, 2.75) is 38.5 Å². The molecule has 2 aliphatic carbocycles. The zero-order valence-electron chi connectivity index (χ0n) is 8.99. The fraction of sp³-hybridized carbons (Fsp3) is 0.846. The maximum Gasteiger partial charge on any atom is 0.0462 e. The number of fused-ring (bicyclic) bond motifs is 1. The van der Waals surface area contributed by atoms with Crippen molar-refractivity contribution in [3.8, 4) is 0 Å². The van der Waals surface area contributed by atoms with E-state index in [0.717, 1.165) is 11.8 Å². The van der Waals surface area contributed by atoms with Crippen molar-refractivity contribution in [3.05, 3.63) is 12.7 Å². The number of rotatable bonds is 2. The van der Waals surface area contributed by atoms with E-state index in [4.69, 9.17) is 0 Å². The van der Waals surface area contributed by atoms with E-state index in [1.807, 2.05) is 0 Å². The van der Waals surface area contributed by atoms with Gasteiger partial charge in [-0.15, -0.1) is 6.58 Å². The van der Waals surface area contributed by atoms with Crippen LogP contribution in [0.3, 0.4) is 0 Å². The van der Waals surface area contributed by atoms with Gasteiger partial charge in [0.25, 0.3) is 0 Å². The summed E-state index contributed by atoms with van der Waals surface area (Å²) in [6, 6.07) is 0. The summed E-state index contributed by atoms with van der Waals surface area (Å²) in [7, 11) is 0. The van der Waals surface area contributed by atoms with Crippen LogP contribution in [0.15, 0.2) is 12.7 Å². The molecule has 1 heteroatoms. The SMILES string of the molecule is C=CC1CCCC2CCCC(CO)C12. The predicted molar refractivity (Wildman–Crippen MR) is 58.9 cm³/mol. The molecule has 0 aliphatic heterocycles. The Balaban J connectivity index is 2.11. The molecule has 0 heterocycles. The van der Waals surface area contributed by atoms with E-state index >= 15 is 0 Å². The molecule has 4 atom stereocenters. The molecule has 0 saturated heterocycles. The van der Waals surface area contributed by atoms with Crippen molar-refractivity contribution in [2.75, 3.05) is 6.61 Å². The lowest BCUT2D eigenvalue weighted by Crippen LogP contribution is -2.38. The van der Waals surface area contributed by atoms with E-state index < -0.39 is 0 Å². The molecule has 0 aromatic heterocycles. The van der Waals surface area contributed by atoms with Crippen molar-refractivity contribution in [3.63, 3.8) is 0 Å². The molecule has 2 fully saturated rings. The first-order valence-corrected chi connectivity index (χ1v) is 6.10. The van der Waals surface area contributed by atoms with Crippen molar-refractivity contribution in [1.82, 2.24) is 0 Å². The van der Waals surface area contributed by atoms with Gasteiger partial charge in [0, 0.05) is 6.61 Å². The van der Waals surface area contributed by atoms with Crippen molar-refractivity contribution >= 4 is 0 Å². The minimum Gasteiger partial charge on any atom is -0.396 e. The van der Waals surface area contributed by atoms with E-state index in [-0.39, 0.29) is 0 Å². The molecule has 0 amide bonds. The second-order valence-corrected chi connectivity index (χ2v) is 5.04. The molecule has 80 valence electrons. The van der Waals surface area contributed by atoms with E-state index in [1.54, 1.807) is 0 Å². The summed E-state index contributed by atoms with van der Waals surface area (Å²) in [4.78, 5) is 0. The van der Waals surface area contributed by atoms with Gasteiger partial charge >= 0.3 is 0 Å². The lowest BCUT2D eigenvalue weighted by atomic mass is 9.61. The first kappa shape index (κ1) is 10.2. The third kappa shape index (κ3) is 1.75. The van der Waals surface area contributed by atoms with Crippen molar-refractivity contribution in [2.24, 2.45) is 23.7 Å². The highest BCUT2D eigenvalue weighted by Gasteiger charge is 2.38. The van der Waals surface area contributed by atoms with Gasteiger partial charge in [-0.3, -0.25) is 0 Å². The zero-order chi connectivity index (χ0) is 9.97. The molecule has 2 saturated carbocycles. The lowest BCUT2D eigenvalue weighted by Gasteiger charge is -2.44. The van der Waals surface area contributed by atoms with Gasteiger partial charge in [0.2, 0.25) is 0 Å². The molecule has 0 spiro atoms. The van der Waals surface area contributed by atoms with Crippen LogP contribution in [0.25, 0.3) is 0 Å². The summed E-state index contributed by atoms with van der Waals surface area (Å²) in [5.41, 5.74) is 0. The molecule has 14 heavy (non-hydrogen) atoms. The number of allylic oxidation sites excluding steroid dienone is 1. The van der Waals surface area contributed by atoms with Crippen LogP contribution in [-0.4, -0.2) is 11.7 Å². The first-order valence-electron chi connectivity index (χ1n) is 6.10. The molecule has 4 unspecified atom stereocenters. The maximum atomic E-state index is 9.41. The van der Waals surface area contributed by atoms with Crippen LogP contribution in [-0.2, 0) is 0 Å². The molecule has 0 aromatic rings. The average Bonchev–Trinajstić information content (AvgIpc) is 2.27. The Morgan fingerprint density at radius 3 is 2.50 bits per heavy atom. The molecular formula is C13H22O. The first-order chi connectivity index (χ1) is 6.86. The molecule has 2 rings (SSSR count). The largest absolute Gasteiger partial charge is 0.396 e. The van der Waals surface area contributed by atoms with E-state index in [2.05, 4.69) is 12.7 Å². The van der Waals surface area contributed by atoms with E-state index in [0.29, 0.717) is 18.4 Å². The Labute approximate surface area is 87.2 Å². The summed E-state index contributed by atoms with van der Waals surface area (Å²) in [5, 5.41) is 9.41. The summed E-state index contributed by atoms with van der Waals surface area (Å²) < 4.78 is 0. The lowest BCUT2D eigenvalue weighted by molar-refractivity contribution is 0.0340. The Bertz CT molecular complexity index is 191. The fourth-order valence-electron chi connectivity index (χ4n) is 3.74. The molecule has 0 bridgehead atoms. The van der Waals surface area contributed by atoms with Crippen LogP contribution >= 0.6 is 0 Å². The second-order valence-electron chi connectivity index (χ2n) is 5.04. The van der Waals surface area contributed by atoms with Crippen LogP contribution in [0.4, 0.5) is 0 Å². The third-order valence-corrected chi connectivity index (χ3v) is 4.38. The number of aliphatic hydroxyl groups excluding tert-OH is 1. The van der Waals surface area contributed by atoms with Gasteiger partial charge in [0.1, 0.15) is 0 Å². The van der Waals surface area contributed by atoms with Gasteiger partial charge in [-0.1, -0.05) is 31.8 Å². The highest BCUT2D eigenvalue weighted by molar-refractivity contribution is 4.96. The highest BCUT2D eigenvalue weighted by Crippen LogP contribution is 2.46. The Morgan fingerprint density at radius 1 is 1.14 bits per heavy atom. The maximum absolute atomic E-state index is 9.41. The van der Waals surface area contributed by atoms with Gasteiger partial charge in [0.15, 0.2) is 0 Å². The van der Waals surface area contributed by atoms with Crippen LogP contribution in [0, 0.1) is 23.7 Å². The summed E-state index contributed by atoms with van der Waals surface area (Å²) >= 11 is 0. The molecule has 0 aromatic carbocycles. The van der Waals surface area contributed by atoms with Gasteiger partial charge < -0.3 is 5.11 Å². The average molecular weight is 194 g/mol. The molecule has 1 N–H and O–H groups in total. The topological polar surface area (TPSA) is 20.2 Å². The standard InChI is InChI=1S/C13H22O/c1-2-10-5-3-6-11-7-4-8-12(9-14)13(10)11/h2,10-14H,1,3-9H2. The Hall–Kier alpha value is -0.300. The van der Waals surface area contributed by atoms with Gasteiger partial charge in [-0.25, -0.2) is 0 Å².